The Kier molecular flexibility index (Phi) is 5.73. The van der Waals surface area contributed by atoms with Crippen molar-refractivity contribution in [1.29, 1.82) is 0 Å². The third-order valence-electron chi connectivity index (χ3n) is 4.93. The summed E-state index contributed by atoms with van der Waals surface area (Å²) in [7, 11) is 6.68. The molecular weight excluding hydrogens is 358 g/mol. The Hall–Kier alpha value is -3.22. The summed E-state index contributed by atoms with van der Waals surface area (Å²) in [4.78, 5) is 26.8. The van der Waals surface area contributed by atoms with Crippen molar-refractivity contribution in [2.24, 2.45) is 7.05 Å². The maximum Gasteiger partial charge on any atom is 0.328 e. The largest absolute Gasteiger partial charge is 0.497 e. The molecule has 0 atom stereocenters. The van der Waals surface area contributed by atoms with Gasteiger partial charge in [-0.25, -0.2) is 4.79 Å². The van der Waals surface area contributed by atoms with E-state index in [2.05, 4.69) is 0 Å². The number of carbonyl (C=O) groups excluding carboxylic acids is 1. The molecule has 3 rings (SSSR count). The highest BCUT2D eigenvalue weighted by molar-refractivity contribution is 5.78. The van der Waals surface area contributed by atoms with Crippen molar-refractivity contribution in [3.63, 3.8) is 0 Å². The summed E-state index contributed by atoms with van der Waals surface area (Å²) in [6.45, 7) is 0.750. The van der Waals surface area contributed by atoms with Gasteiger partial charge in [-0.15, -0.1) is 0 Å². The number of imidazole rings is 1. The fraction of sp³-hybridized carbons (Fsp3) is 0.333. The summed E-state index contributed by atoms with van der Waals surface area (Å²) >= 11 is 0. The number of fused-ring (bicyclic) bond motifs is 1. The molecule has 0 radical (unpaired) electrons. The van der Waals surface area contributed by atoms with Crippen molar-refractivity contribution >= 4 is 16.9 Å². The van der Waals surface area contributed by atoms with Crippen LogP contribution in [0.2, 0.25) is 0 Å². The first-order valence-electron chi connectivity index (χ1n) is 9.05. The van der Waals surface area contributed by atoms with Gasteiger partial charge in [-0.2, -0.15) is 0 Å². The van der Waals surface area contributed by atoms with Crippen molar-refractivity contribution in [3.05, 3.63) is 58.5 Å². The first-order valence-corrected chi connectivity index (χ1v) is 9.05. The van der Waals surface area contributed by atoms with Gasteiger partial charge >= 0.3 is 5.69 Å². The number of aromatic nitrogens is 2. The van der Waals surface area contributed by atoms with Crippen LogP contribution in [0.1, 0.15) is 12.0 Å². The number of rotatable bonds is 7. The molecule has 0 aliphatic heterocycles. The second-order valence-corrected chi connectivity index (χ2v) is 6.66. The molecule has 148 valence electrons. The second-order valence-electron chi connectivity index (χ2n) is 6.66. The lowest BCUT2D eigenvalue weighted by molar-refractivity contribution is -0.130. The Morgan fingerprint density at radius 1 is 1.07 bits per heavy atom. The highest BCUT2D eigenvalue weighted by atomic mass is 16.5. The van der Waals surface area contributed by atoms with E-state index in [-0.39, 0.29) is 18.0 Å². The van der Waals surface area contributed by atoms with E-state index in [1.54, 1.807) is 48.4 Å². The number of hydrogen-bond donors (Lipinski definition) is 0. The van der Waals surface area contributed by atoms with Crippen molar-refractivity contribution in [2.45, 2.75) is 19.5 Å². The molecule has 0 N–H and O–H groups in total. The first kappa shape index (κ1) is 19.5. The molecule has 0 spiro atoms. The molecular formula is C21H25N3O4. The van der Waals surface area contributed by atoms with Crippen LogP contribution in [-0.2, 0) is 24.9 Å². The van der Waals surface area contributed by atoms with Crippen LogP contribution < -0.4 is 15.2 Å². The SMILES string of the molecule is COc1ccc(CN(C)C(=O)CCn2c(=O)n(C)c3ccccc32)c(OC)c1. The second kappa shape index (κ2) is 8.21. The van der Waals surface area contributed by atoms with Crippen LogP contribution in [0.4, 0.5) is 0 Å². The van der Waals surface area contributed by atoms with Gasteiger partial charge in [-0.3, -0.25) is 13.9 Å². The van der Waals surface area contributed by atoms with E-state index in [0.717, 1.165) is 16.6 Å². The molecule has 0 aliphatic rings. The van der Waals surface area contributed by atoms with Gasteiger partial charge in [0.25, 0.3) is 0 Å². The van der Waals surface area contributed by atoms with Crippen LogP contribution in [0, 0.1) is 0 Å². The third kappa shape index (κ3) is 3.74. The summed E-state index contributed by atoms with van der Waals surface area (Å²) in [5.74, 6) is 1.33. The number of para-hydroxylation sites is 2. The van der Waals surface area contributed by atoms with E-state index in [4.69, 9.17) is 9.47 Å². The van der Waals surface area contributed by atoms with Gasteiger partial charge in [0.2, 0.25) is 5.91 Å². The lowest BCUT2D eigenvalue weighted by Gasteiger charge is -2.19. The average molecular weight is 383 g/mol. The normalized spacial score (nSPS) is 10.9. The molecule has 3 aromatic rings. The number of ether oxygens (including phenoxy) is 2. The van der Waals surface area contributed by atoms with E-state index in [9.17, 15) is 9.59 Å². The van der Waals surface area contributed by atoms with Crippen molar-refractivity contribution in [2.75, 3.05) is 21.3 Å². The zero-order valence-corrected chi connectivity index (χ0v) is 16.6. The molecule has 0 saturated carbocycles. The van der Waals surface area contributed by atoms with E-state index in [1.807, 2.05) is 36.4 Å². The standard InChI is InChI=1S/C21H25N3O4/c1-22(14-15-9-10-16(27-3)13-19(15)28-4)20(25)11-12-24-18-8-6-5-7-17(18)23(2)21(24)26/h5-10,13H,11-12,14H2,1-4H3. The molecule has 0 unspecified atom stereocenters. The van der Waals surface area contributed by atoms with Crippen LogP contribution in [0.15, 0.2) is 47.3 Å². The van der Waals surface area contributed by atoms with Gasteiger partial charge in [-0.05, 0) is 24.3 Å². The van der Waals surface area contributed by atoms with Gasteiger partial charge in [0.05, 0.1) is 25.3 Å². The fourth-order valence-electron chi connectivity index (χ4n) is 3.30. The zero-order chi connectivity index (χ0) is 20.3. The average Bonchev–Trinajstić information content (AvgIpc) is 2.96. The summed E-state index contributed by atoms with van der Waals surface area (Å²) in [5, 5.41) is 0. The summed E-state index contributed by atoms with van der Waals surface area (Å²) in [5.41, 5.74) is 2.47. The number of aryl methyl sites for hydroxylation is 2. The molecule has 7 nitrogen and oxygen atoms in total. The van der Waals surface area contributed by atoms with Crippen molar-refractivity contribution < 1.29 is 14.3 Å². The number of nitrogens with zero attached hydrogens (tertiary/aromatic N) is 3. The fourth-order valence-corrected chi connectivity index (χ4v) is 3.30. The molecule has 1 heterocycles. The van der Waals surface area contributed by atoms with Crippen LogP contribution in [0.25, 0.3) is 11.0 Å². The Balaban J connectivity index is 1.71. The van der Waals surface area contributed by atoms with E-state index in [1.165, 1.54) is 0 Å². The summed E-state index contributed by atoms with van der Waals surface area (Å²) in [6.07, 6.45) is 0.239. The number of benzene rings is 2. The minimum absolute atomic E-state index is 0.0438. The molecule has 0 saturated heterocycles. The lowest BCUT2D eigenvalue weighted by Crippen LogP contribution is -2.29. The molecule has 2 aromatic carbocycles. The highest BCUT2D eigenvalue weighted by Gasteiger charge is 2.15. The van der Waals surface area contributed by atoms with Crippen LogP contribution in [-0.4, -0.2) is 41.2 Å². The summed E-state index contributed by atoms with van der Waals surface area (Å²) in [6, 6.07) is 13.1. The molecule has 28 heavy (non-hydrogen) atoms. The van der Waals surface area contributed by atoms with Gasteiger partial charge in [0, 0.05) is 45.2 Å². The van der Waals surface area contributed by atoms with Gasteiger partial charge in [0.1, 0.15) is 11.5 Å². The third-order valence-corrected chi connectivity index (χ3v) is 4.93. The molecule has 1 aromatic heterocycles. The lowest BCUT2D eigenvalue weighted by atomic mass is 10.1. The van der Waals surface area contributed by atoms with E-state index < -0.39 is 0 Å². The smallest absolute Gasteiger partial charge is 0.328 e. The first-order chi connectivity index (χ1) is 13.5. The van der Waals surface area contributed by atoms with Crippen LogP contribution in [0.5, 0.6) is 11.5 Å². The minimum Gasteiger partial charge on any atom is -0.497 e. The van der Waals surface area contributed by atoms with E-state index >= 15 is 0 Å². The Morgan fingerprint density at radius 2 is 1.79 bits per heavy atom. The maximum absolute atomic E-state index is 12.6. The Labute approximate surface area is 163 Å². The topological polar surface area (TPSA) is 65.7 Å². The summed E-state index contributed by atoms with van der Waals surface area (Å²) < 4.78 is 13.9. The highest BCUT2D eigenvalue weighted by Crippen LogP contribution is 2.25. The Morgan fingerprint density at radius 3 is 2.46 bits per heavy atom. The number of amides is 1. The van der Waals surface area contributed by atoms with Crippen molar-refractivity contribution in [1.82, 2.24) is 14.0 Å². The van der Waals surface area contributed by atoms with Gasteiger partial charge in [0.15, 0.2) is 0 Å². The number of methoxy groups -OCH3 is 2. The van der Waals surface area contributed by atoms with Gasteiger partial charge in [-0.1, -0.05) is 12.1 Å². The molecule has 0 aliphatic carbocycles. The number of hydrogen-bond acceptors (Lipinski definition) is 4. The molecule has 7 heteroatoms. The molecule has 0 fully saturated rings. The predicted molar refractivity (Wildman–Crippen MR) is 108 cm³/mol. The van der Waals surface area contributed by atoms with E-state index in [0.29, 0.717) is 24.6 Å². The predicted octanol–water partition coefficient (Wildman–Crippen LogP) is 2.41. The number of carbonyl (C=O) groups is 1. The van der Waals surface area contributed by atoms with Crippen molar-refractivity contribution in [3.8, 4) is 11.5 Å². The Bertz CT molecular complexity index is 1050. The van der Waals surface area contributed by atoms with Gasteiger partial charge < -0.3 is 14.4 Å². The molecule has 0 bridgehead atoms. The van der Waals surface area contributed by atoms with Crippen LogP contribution >= 0.6 is 0 Å². The molecule has 1 amide bonds. The van der Waals surface area contributed by atoms with Crippen LogP contribution in [0.3, 0.4) is 0 Å². The zero-order valence-electron chi connectivity index (χ0n) is 16.6. The minimum atomic E-state index is -0.117. The maximum atomic E-state index is 12.6. The monoisotopic (exact) mass is 383 g/mol. The quantitative estimate of drug-likeness (QED) is 0.628.